The number of aromatic nitrogens is 3. The Morgan fingerprint density at radius 2 is 1.86 bits per heavy atom. The summed E-state index contributed by atoms with van der Waals surface area (Å²) >= 11 is 5.31. The second-order valence-corrected chi connectivity index (χ2v) is 4.94. The topological polar surface area (TPSA) is 52.1 Å². The average molecular weight is 307 g/mol. The Hall–Kier alpha value is -1.50. The molecule has 2 rings (SSSR count). The Labute approximate surface area is 129 Å². The molecule has 1 aromatic heterocycles. The van der Waals surface area contributed by atoms with Gasteiger partial charge in [-0.25, -0.2) is 0 Å². The normalized spacial score (nSPS) is 11.2. The maximum atomic E-state index is 5.58. The van der Waals surface area contributed by atoms with Crippen molar-refractivity contribution in [3.63, 3.8) is 0 Å². The van der Waals surface area contributed by atoms with E-state index in [1.165, 1.54) is 5.56 Å². The van der Waals surface area contributed by atoms with Crippen LogP contribution >= 0.6 is 12.2 Å². The minimum Gasteiger partial charge on any atom is -0.351 e. The van der Waals surface area contributed by atoms with E-state index in [0.717, 1.165) is 12.2 Å². The van der Waals surface area contributed by atoms with Gasteiger partial charge in [-0.2, -0.15) is 5.10 Å². The highest BCUT2D eigenvalue weighted by Gasteiger charge is 2.14. The highest BCUT2D eigenvalue weighted by molar-refractivity contribution is 7.71. The standard InChI is InChI=1S/C15H21N3O2S/c1-3-19-14(20-4-2)11-18-13(16-17-15(18)21)10-12-8-6-5-7-9-12/h5-9,14H,3-4,10-11H2,1-2H3,(H,17,21). The summed E-state index contributed by atoms with van der Waals surface area (Å²) in [6.45, 7) is 5.64. The third kappa shape index (κ3) is 4.49. The van der Waals surface area contributed by atoms with Crippen molar-refractivity contribution in [3.8, 4) is 0 Å². The van der Waals surface area contributed by atoms with Crippen LogP contribution in [0.3, 0.4) is 0 Å². The lowest BCUT2D eigenvalue weighted by atomic mass is 10.1. The monoisotopic (exact) mass is 307 g/mol. The quantitative estimate of drug-likeness (QED) is 0.602. The molecule has 0 aliphatic rings. The third-order valence-electron chi connectivity index (χ3n) is 3.08. The summed E-state index contributed by atoms with van der Waals surface area (Å²) in [5.41, 5.74) is 1.19. The van der Waals surface area contributed by atoms with E-state index >= 15 is 0 Å². The zero-order valence-corrected chi connectivity index (χ0v) is 13.2. The molecule has 0 aliphatic heterocycles. The van der Waals surface area contributed by atoms with Gasteiger partial charge >= 0.3 is 0 Å². The van der Waals surface area contributed by atoms with Crippen LogP contribution in [-0.2, 0) is 22.4 Å². The average Bonchev–Trinajstić information content (AvgIpc) is 2.82. The van der Waals surface area contributed by atoms with Crippen LogP contribution < -0.4 is 0 Å². The molecular formula is C15H21N3O2S. The van der Waals surface area contributed by atoms with E-state index < -0.39 is 0 Å². The minimum atomic E-state index is -0.307. The summed E-state index contributed by atoms with van der Waals surface area (Å²) in [7, 11) is 0. The molecule has 0 atom stereocenters. The van der Waals surface area contributed by atoms with Gasteiger partial charge in [-0.05, 0) is 31.6 Å². The number of rotatable bonds is 8. The van der Waals surface area contributed by atoms with Crippen molar-refractivity contribution in [3.05, 3.63) is 46.5 Å². The number of aromatic amines is 1. The van der Waals surface area contributed by atoms with Crippen LogP contribution in [0.4, 0.5) is 0 Å². The van der Waals surface area contributed by atoms with Gasteiger partial charge in [0, 0.05) is 19.6 Å². The smallest absolute Gasteiger partial charge is 0.195 e. The van der Waals surface area contributed by atoms with Gasteiger partial charge in [0.25, 0.3) is 0 Å². The molecule has 0 amide bonds. The van der Waals surface area contributed by atoms with Gasteiger partial charge in [0.2, 0.25) is 0 Å². The number of benzene rings is 1. The largest absolute Gasteiger partial charge is 0.351 e. The van der Waals surface area contributed by atoms with E-state index in [-0.39, 0.29) is 6.29 Å². The van der Waals surface area contributed by atoms with Gasteiger partial charge in [-0.15, -0.1) is 0 Å². The van der Waals surface area contributed by atoms with Gasteiger partial charge in [-0.3, -0.25) is 9.67 Å². The van der Waals surface area contributed by atoms with Crippen LogP contribution in [0.15, 0.2) is 30.3 Å². The molecule has 0 aliphatic carbocycles. The van der Waals surface area contributed by atoms with Gasteiger partial charge in [0.1, 0.15) is 5.82 Å². The van der Waals surface area contributed by atoms with Crippen molar-refractivity contribution >= 4 is 12.2 Å². The van der Waals surface area contributed by atoms with E-state index in [4.69, 9.17) is 21.7 Å². The second kappa shape index (κ2) is 8.07. The fourth-order valence-electron chi connectivity index (χ4n) is 2.13. The molecule has 114 valence electrons. The molecule has 1 N–H and O–H groups in total. The zero-order valence-electron chi connectivity index (χ0n) is 12.4. The molecule has 0 spiro atoms. The number of hydrogen-bond donors (Lipinski definition) is 1. The lowest BCUT2D eigenvalue weighted by Gasteiger charge is -2.18. The zero-order chi connectivity index (χ0) is 15.1. The number of nitrogens with one attached hydrogen (secondary N) is 1. The Morgan fingerprint density at radius 1 is 1.19 bits per heavy atom. The summed E-state index contributed by atoms with van der Waals surface area (Å²) < 4.78 is 13.7. The molecule has 6 heteroatoms. The molecule has 0 saturated heterocycles. The maximum Gasteiger partial charge on any atom is 0.195 e. The van der Waals surface area contributed by atoms with Crippen LogP contribution in [0.1, 0.15) is 25.2 Å². The molecule has 0 radical (unpaired) electrons. The molecule has 1 heterocycles. The van der Waals surface area contributed by atoms with Crippen LogP contribution in [0.5, 0.6) is 0 Å². The summed E-state index contributed by atoms with van der Waals surface area (Å²) in [5, 5.41) is 7.17. The van der Waals surface area contributed by atoms with E-state index in [9.17, 15) is 0 Å². The summed E-state index contributed by atoms with van der Waals surface area (Å²) in [6.07, 6.45) is 0.415. The molecule has 0 fully saturated rings. The Bertz CT molecular complexity index is 588. The Balaban J connectivity index is 2.15. The fraction of sp³-hybridized carbons (Fsp3) is 0.467. The molecule has 21 heavy (non-hydrogen) atoms. The van der Waals surface area contributed by atoms with Crippen LogP contribution in [0, 0.1) is 4.77 Å². The molecule has 5 nitrogen and oxygen atoms in total. The maximum absolute atomic E-state index is 5.58. The summed E-state index contributed by atoms with van der Waals surface area (Å²) in [4.78, 5) is 0. The Morgan fingerprint density at radius 3 is 2.48 bits per heavy atom. The first-order valence-corrected chi connectivity index (χ1v) is 7.56. The molecule has 0 unspecified atom stereocenters. The number of ether oxygens (including phenoxy) is 2. The number of hydrogen-bond acceptors (Lipinski definition) is 4. The van der Waals surface area contributed by atoms with Crippen molar-refractivity contribution in [1.82, 2.24) is 14.8 Å². The highest BCUT2D eigenvalue weighted by Crippen LogP contribution is 2.10. The van der Waals surface area contributed by atoms with E-state index in [0.29, 0.717) is 24.5 Å². The number of H-pyrrole nitrogens is 1. The molecule has 1 aromatic carbocycles. The SMILES string of the molecule is CCOC(Cn1c(Cc2ccccc2)n[nH]c1=S)OCC. The van der Waals surface area contributed by atoms with E-state index in [1.807, 2.05) is 36.6 Å². The van der Waals surface area contributed by atoms with Gasteiger partial charge in [-0.1, -0.05) is 30.3 Å². The van der Waals surface area contributed by atoms with E-state index in [2.05, 4.69) is 22.3 Å². The first-order chi connectivity index (χ1) is 10.2. The summed E-state index contributed by atoms with van der Waals surface area (Å²) in [5.74, 6) is 0.885. The van der Waals surface area contributed by atoms with Gasteiger partial charge < -0.3 is 9.47 Å². The van der Waals surface area contributed by atoms with Crippen molar-refractivity contribution in [2.75, 3.05) is 13.2 Å². The van der Waals surface area contributed by atoms with E-state index in [1.54, 1.807) is 0 Å². The van der Waals surface area contributed by atoms with Gasteiger partial charge in [0.15, 0.2) is 11.1 Å². The first-order valence-electron chi connectivity index (χ1n) is 7.15. The van der Waals surface area contributed by atoms with Crippen LogP contribution in [0.25, 0.3) is 0 Å². The third-order valence-corrected chi connectivity index (χ3v) is 3.39. The predicted octanol–water partition coefficient (Wildman–Crippen LogP) is 2.93. The highest BCUT2D eigenvalue weighted by atomic mass is 32.1. The second-order valence-electron chi connectivity index (χ2n) is 4.56. The minimum absolute atomic E-state index is 0.307. The molecule has 0 bridgehead atoms. The molecule has 0 saturated carbocycles. The van der Waals surface area contributed by atoms with Crippen molar-refractivity contribution in [2.24, 2.45) is 0 Å². The van der Waals surface area contributed by atoms with Crippen molar-refractivity contribution in [1.29, 1.82) is 0 Å². The molecule has 2 aromatic rings. The van der Waals surface area contributed by atoms with Crippen molar-refractivity contribution in [2.45, 2.75) is 33.1 Å². The fourth-order valence-corrected chi connectivity index (χ4v) is 2.35. The summed E-state index contributed by atoms with van der Waals surface area (Å²) in [6, 6.07) is 10.2. The van der Waals surface area contributed by atoms with Crippen LogP contribution in [-0.4, -0.2) is 34.3 Å². The molecular weight excluding hydrogens is 286 g/mol. The van der Waals surface area contributed by atoms with Crippen LogP contribution in [0.2, 0.25) is 0 Å². The number of nitrogens with zero attached hydrogens (tertiary/aromatic N) is 2. The van der Waals surface area contributed by atoms with Gasteiger partial charge in [0.05, 0.1) is 6.54 Å². The Kier molecular flexibility index (Phi) is 6.10. The lowest BCUT2D eigenvalue weighted by Crippen LogP contribution is -2.25. The first kappa shape index (κ1) is 15.9. The predicted molar refractivity (Wildman–Crippen MR) is 83.7 cm³/mol. The van der Waals surface area contributed by atoms with Crippen molar-refractivity contribution < 1.29 is 9.47 Å². The lowest BCUT2D eigenvalue weighted by molar-refractivity contribution is -0.144.